The van der Waals surface area contributed by atoms with Crippen molar-refractivity contribution in [3.8, 4) is 0 Å². The molecule has 0 spiro atoms. The van der Waals surface area contributed by atoms with E-state index in [9.17, 15) is 0 Å². The van der Waals surface area contributed by atoms with Gasteiger partial charge in [0.15, 0.2) is 0 Å². The Bertz CT molecular complexity index is 620. The first kappa shape index (κ1) is 14.5. The molecule has 3 N–H and O–H groups in total. The molecule has 1 aromatic heterocycles. The summed E-state index contributed by atoms with van der Waals surface area (Å²) >= 11 is 5.02. The van der Waals surface area contributed by atoms with Gasteiger partial charge in [0.1, 0.15) is 10.8 Å². The van der Waals surface area contributed by atoms with Gasteiger partial charge in [-0.2, -0.15) is 0 Å². The van der Waals surface area contributed by atoms with Crippen LogP contribution in [0.5, 0.6) is 0 Å². The highest BCUT2D eigenvalue weighted by Gasteiger charge is 2.08. The highest BCUT2D eigenvalue weighted by molar-refractivity contribution is 7.80. The lowest BCUT2D eigenvalue weighted by Crippen LogP contribution is -2.13. The number of hydrogen-bond donors (Lipinski definition) is 2. The Hall–Kier alpha value is -1.94. The van der Waals surface area contributed by atoms with Gasteiger partial charge in [-0.15, -0.1) is 0 Å². The number of aromatic nitrogens is 1. The summed E-state index contributed by atoms with van der Waals surface area (Å²) in [5, 5.41) is 3.39. The fraction of sp³-hybridized carbons (Fsp3) is 0.250. The number of anilines is 1. The molecular formula is C16H19N3S. The molecule has 1 unspecified atom stereocenters. The van der Waals surface area contributed by atoms with Gasteiger partial charge in [0.05, 0.1) is 0 Å². The lowest BCUT2D eigenvalue weighted by atomic mass is 10.1. The molecule has 0 saturated carbocycles. The van der Waals surface area contributed by atoms with E-state index in [1.807, 2.05) is 19.1 Å². The molecule has 0 radical (unpaired) electrons. The van der Waals surface area contributed by atoms with Crippen LogP contribution in [0.1, 0.15) is 35.3 Å². The first-order chi connectivity index (χ1) is 9.45. The molecule has 20 heavy (non-hydrogen) atoms. The topological polar surface area (TPSA) is 50.9 Å². The SMILES string of the molecule is Cc1ccc(C(C)Nc2cc(C(N)=S)cc(C)n2)cc1. The Labute approximate surface area is 125 Å². The maximum Gasteiger partial charge on any atom is 0.127 e. The molecule has 0 fully saturated rings. The highest BCUT2D eigenvalue weighted by Crippen LogP contribution is 2.19. The summed E-state index contributed by atoms with van der Waals surface area (Å²) in [5.41, 5.74) is 9.90. The zero-order valence-corrected chi connectivity index (χ0v) is 12.8. The van der Waals surface area contributed by atoms with Gasteiger partial charge in [0, 0.05) is 17.3 Å². The van der Waals surface area contributed by atoms with E-state index in [1.54, 1.807) is 0 Å². The summed E-state index contributed by atoms with van der Waals surface area (Å²) in [6.07, 6.45) is 0. The summed E-state index contributed by atoms with van der Waals surface area (Å²) in [4.78, 5) is 4.86. The molecule has 0 aliphatic rings. The molecule has 0 aliphatic carbocycles. The van der Waals surface area contributed by atoms with E-state index < -0.39 is 0 Å². The van der Waals surface area contributed by atoms with Crippen LogP contribution in [0, 0.1) is 13.8 Å². The molecule has 0 saturated heterocycles. The van der Waals surface area contributed by atoms with Crippen LogP contribution < -0.4 is 11.1 Å². The predicted octanol–water partition coefficient (Wildman–Crippen LogP) is 3.51. The quantitative estimate of drug-likeness (QED) is 0.844. The van der Waals surface area contributed by atoms with Gasteiger partial charge < -0.3 is 11.1 Å². The summed E-state index contributed by atoms with van der Waals surface area (Å²) in [5.74, 6) is 0.792. The summed E-state index contributed by atoms with van der Waals surface area (Å²) in [7, 11) is 0. The van der Waals surface area contributed by atoms with E-state index >= 15 is 0 Å². The van der Waals surface area contributed by atoms with E-state index in [-0.39, 0.29) is 6.04 Å². The van der Waals surface area contributed by atoms with Gasteiger partial charge in [-0.1, -0.05) is 42.0 Å². The largest absolute Gasteiger partial charge is 0.389 e. The Morgan fingerprint density at radius 2 is 1.85 bits per heavy atom. The molecule has 0 bridgehead atoms. The molecule has 1 aromatic carbocycles. The molecule has 2 rings (SSSR count). The maximum absolute atomic E-state index is 5.69. The minimum atomic E-state index is 0.170. The van der Waals surface area contributed by atoms with E-state index in [0.717, 1.165) is 17.1 Å². The van der Waals surface area contributed by atoms with Gasteiger partial charge in [-0.05, 0) is 38.5 Å². The Kier molecular flexibility index (Phi) is 4.35. The number of hydrogen-bond acceptors (Lipinski definition) is 3. The molecule has 104 valence electrons. The highest BCUT2D eigenvalue weighted by atomic mass is 32.1. The number of rotatable bonds is 4. The van der Waals surface area contributed by atoms with Crippen LogP contribution in [0.25, 0.3) is 0 Å². The average molecular weight is 285 g/mol. The van der Waals surface area contributed by atoms with Crippen molar-refractivity contribution >= 4 is 23.0 Å². The Morgan fingerprint density at radius 1 is 1.20 bits per heavy atom. The van der Waals surface area contributed by atoms with Crippen molar-refractivity contribution in [1.82, 2.24) is 4.98 Å². The van der Waals surface area contributed by atoms with Crippen LogP contribution in [0.3, 0.4) is 0 Å². The second-order valence-electron chi connectivity index (χ2n) is 5.02. The first-order valence-electron chi connectivity index (χ1n) is 6.57. The maximum atomic E-state index is 5.69. The molecule has 1 atom stereocenters. The van der Waals surface area contributed by atoms with Crippen LogP contribution in [0.15, 0.2) is 36.4 Å². The van der Waals surface area contributed by atoms with Crippen molar-refractivity contribution in [2.75, 3.05) is 5.32 Å². The lowest BCUT2D eigenvalue weighted by molar-refractivity contribution is 0.871. The van der Waals surface area contributed by atoms with Crippen molar-refractivity contribution in [1.29, 1.82) is 0 Å². The Balaban J connectivity index is 2.21. The number of pyridine rings is 1. The smallest absolute Gasteiger partial charge is 0.127 e. The normalized spacial score (nSPS) is 11.9. The molecule has 0 aliphatic heterocycles. The first-order valence-corrected chi connectivity index (χ1v) is 6.98. The van der Waals surface area contributed by atoms with Gasteiger partial charge in [-0.25, -0.2) is 4.98 Å². The van der Waals surface area contributed by atoms with Crippen molar-refractivity contribution in [3.05, 3.63) is 58.8 Å². The molecular weight excluding hydrogens is 266 g/mol. The van der Waals surface area contributed by atoms with Gasteiger partial charge in [0.25, 0.3) is 0 Å². The third-order valence-electron chi connectivity index (χ3n) is 3.18. The van der Waals surface area contributed by atoms with E-state index in [4.69, 9.17) is 18.0 Å². The third kappa shape index (κ3) is 3.54. The number of aryl methyl sites for hydroxylation is 2. The van der Waals surface area contributed by atoms with Crippen LogP contribution >= 0.6 is 12.2 Å². The second-order valence-corrected chi connectivity index (χ2v) is 5.46. The fourth-order valence-corrected chi connectivity index (χ4v) is 2.16. The predicted molar refractivity (Wildman–Crippen MR) is 88.1 cm³/mol. The van der Waals surface area contributed by atoms with Gasteiger partial charge >= 0.3 is 0 Å². The van der Waals surface area contributed by atoms with Crippen molar-refractivity contribution in [2.45, 2.75) is 26.8 Å². The number of nitrogens with two attached hydrogens (primary N) is 1. The van der Waals surface area contributed by atoms with Crippen LogP contribution in [0.4, 0.5) is 5.82 Å². The van der Waals surface area contributed by atoms with Gasteiger partial charge in [-0.3, -0.25) is 0 Å². The van der Waals surface area contributed by atoms with Crippen molar-refractivity contribution < 1.29 is 0 Å². The summed E-state index contributed by atoms with van der Waals surface area (Å²) in [6, 6.07) is 12.4. The number of nitrogens with one attached hydrogen (secondary N) is 1. The molecule has 1 heterocycles. The standard InChI is InChI=1S/C16H19N3S/c1-10-4-6-13(7-5-10)12(3)19-15-9-14(16(17)20)8-11(2)18-15/h4-9,12H,1-3H3,(H2,17,20)(H,18,19). The summed E-state index contributed by atoms with van der Waals surface area (Å²) < 4.78 is 0. The molecule has 0 amide bonds. The second kappa shape index (κ2) is 6.01. The minimum absolute atomic E-state index is 0.170. The van der Waals surface area contributed by atoms with Crippen molar-refractivity contribution in [2.24, 2.45) is 5.73 Å². The average Bonchev–Trinajstić information content (AvgIpc) is 2.38. The monoisotopic (exact) mass is 285 g/mol. The molecule has 3 nitrogen and oxygen atoms in total. The number of nitrogens with zero attached hydrogens (tertiary/aromatic N) is 1. The summed E-state index contributed by atoms with van der Waals surface area (Å²) in [6.45, 7) is 6.12. The molecule has 2 aromatic rings. The van der Waals surface area contributed by atoms with Crippen molar-refractivity contribution in [3.63, 3.8) is 0 Å². The zero-order valence-electron chi connectivity index (χ0n) is 12.0. The minimum Gasteiger partial charge on any atom is -0.389 e. The number of thiocarbonyl (C=S) groups is 1. The van der Waals surface area contributed by atoms with E-state index in [1.165, 1.54) is 11.1 Å². The molecule has 4 heteroatoms. The number of benzene rings is 1. The lowest BCUT2D eigenvalue weighted by Gasteiger charge is -2.16. The van der Waals surface area contributed by atoms with Crippen LogP contribution in [-0.4, -0.2) is 9.97 Å². The van der Waals surface area contributed by atoms with Gasteiger partial charge in [0.2, 0.25) is 0 Å². The fourth-order valence-electron chi connectivity index (χ4n) is 2.05. The van der Waals surface area contributed by atoms with E-state index in [2.05, 4.69) is 48.4 Å². The van der Waals surface area contributed by atoms with Crippen LogP contribution in [0.2, 0.25) is 0 Å². The van der Waals surface area contributed by atoms with E-state index in [0.29, 0.717) is 4.99 Å². The Morgan fingerprint density at radius 3 is 2.45 bits per heavy atom. The van der Waals surface area contributed by atoms with Crippen LogP contribution in [-0.2, 0) is 0 Å². The zero-order chi connectivity index (χ0) is 14.7. The third-order valence-corrected chi connectivity index (χ3v) is 3.42.